The van der Waals surface area contributed by atoms with Gasteiger partial charge in [0.25, 0.3) is 5.91 Å². The van der Waals surface area contributed by atoms with Gasteiger partial charge in [-0.2, -0.15) is 10.1 Å². The number of hydrogen-bond donors (Lipinski definition) is 1. The Morgan fingerprint density at radius 3 is 2.45 bits per heavy atom. The van der Waals surface area contributed by atoms with Crippen LogP contribution in [0.2, 0.25) is 0 Å². The third kappa shape index (κ3) is 3.42. The molecule has 1 aliphatic rings. The summed E-state index contributed by atoms with van der Waals surface area (Å²) < 4.78 is 5.12. The van der Waals surface area contributed by atoms with E-state index in [0.29, 0.717) is 22.3 Å². The normalized spacial score (nSPS) is 15.8. The van der Waals surface area contributed by atoms with E-state index in [1.54, 1.807) is 62.4 Å². The quantitative estimate of drug-likeness (QED) is 0.388. The van der Waals surface area contributed by atoms with E-state index in [1.165, 1.54) is 5.01 Å². The fourth-order valence-corrected chi connectivity index (χ4v) is 3.66. The number of ether oxygens (including phenoxy) is 1. The second-order valence-corrected chi connectivity index (χ2v) is 7.01. The molecule has 1 unspecified atom stereocenters. The van der Waals surface area contributed by atoms with Crippen LogP contribution in [-0.2, 0) is 9.53 Å². The Kier molecular flexibility index (Phi) is 5.21. The molecule has 0 saturated heterocycles. The van der Waals surface area contributed by atoms with E-state index >= 15 is 0 Å². The molecule has 3 aromatic rings. The molecule has 1 aromatic heterocycles. The molecule has 8 heteroatoms. The van der Waals surface area contributed by atoms with Gasteiger partial charge in [-0.15, -0.1) is 0 Å². The van der Waals surface area contributed by atoms with Gasteiger partial charge in [0.15, 0.2) is 5.78 Å². The first kappa shape index (κ1) is 20.2. The Morgan fingerprint density at radius 1 is 1.06 bits per heavy atom. The van der Waals surface area contributed by atoms with E-state index in [9.17, 15) is 14.4 Å². The number of ketones is 1. The molecule has 8 nitrogen and oxygen atoms in total. The highest BCUT2D eigenvalue weighted by Crippen LogP contribution is 2.32. The summed E-state index contributed by atoms with van der Waals surface area (Å²) in [6, 6.07) is 15.6. The van der Waals surface area contributed by atoms with Gasteiger partial charge >= 0.3 is 5.97 Å². The number of hydrazone groups is 1. The highest BCUT2D eigenvalue weighted by Gasteiger charge is 2.42. The molecule has 156 valence electrons. The smallest absolute Gasteiger partial charge is 0.342 e. The maximum atomic E-state index is 13.7. The number of aromatic nitrogens is 1. The Balaban J connectivity index is 1.86. The SMILES string of the molecule is CCOC(=O)c1c(N)nc2ccccc2c1C(=O)C1C(=O)N(c2ccccc2)N=C1C. The minimum Gasteiger partial charge on any atom is -0.462 e. The van der Waals surface area contributed by atoms with Crippen LogP contribution >= 0.6 is 0 Å². The molecule has 0 saturated carbocycles. The third-order valence-electron chi connectivity index (χ3n) is 5.04. The van der Waals surface area contributed by atoms with Crippen molar-refractivity contribution in [3.63, 3.8) is 0 Å². The average Bonchev–Trinajstić information content (AvgIpc) is 3.07. The maximum Gasteiger partial charge on any atom is 0.342 e. The van der Waals surface area contributed by atoms with Crippen LogP contribution in [0.15, 0.2) is 59.7 Å². The van der Waals surface area contributed by atoms with Crippen molar-refractivity contribution in [2.75, 3.05) is 17.3 Å². The first-order chi connectivity index (χ1) is 14.9. The minimum absolute atomic E-state index is 0.0179. The molecule has 1 aliphatic heterocycles. The van der Waals surface area contributed by atoms with E-state index in [-0.39, 0.29) is 23.6 Å². The van der Waals surface area contributed by atoms with E-state index in [1.807, 2.05) is 6.07 Å². The van der Waals surface area contributed by atoms with Gasteiger partial charge in [0.05, 0.1) is 23.5 Å². The molecule has 4 rings (SSSR count). The number of para-hydroxylation sites is 2. The first-order valence-corrected chi connectivity index (χ1v) is 9.77. The number of anilines is 2. The van der Waals surface area contributed by atoms with Crippen LogP contribution in [0.5, 0.6) is 0 Å². The number of esters is 1. The molecular weight excluding hydrogens is 396 g/mol. The van der Waals surface area contributed by atoms with E-state index < -0.39 is 23.6 Å². The summed E-state index contributed by atoms with van der Waals surface area (Å²) in [4.78, 5) is 43.8. The standard InChI is InChI=1S/C23H20N4O4/c1-3-31-23(30)19-18(15-11-7-8-12-16(15)25-21(19)24)20(28)17-13(2)26-27(22(17)29)14-9-5-4-6-10-14/h4-12,17H,3H2,1-2H3,(H2,24,25). The lowest BCUT2D eigenvalue weighted by Gasteiger charge is -2.17. The monoisotopic (exact) mass is 416 g/mol. The van der Waals surface area contributed by atoms with Crippen LogP contribution in [0.25, 0.3) is 10.9 Å². The first-order valence-electron chi connectivity index (χ1n) is 9.77. The lowest BCUT2D eigenvalue weighted by Crippen LogP contribution is -2.34. The van der Waals surface area contributed by atoms with Gasteiger partial charge in [0.1, 0.15) is 17.3 Å². The summed E-state index contributed by atoms with van der Waals surface area (Å²) in [7, 11) is 0. The molecule has 0 radical (unpaired) electrons. The molecule has 2 aromatic carbocycles. The molecule has 0 fully saturated rings. The number of nitrogens with two attached hydrogens (primary N) is 1. The number of nitrogen functional groups attached to an aromatic ring is 1. The predicted molar refractivity (Wildman–Crippen MR) is 117 cm³/mol. The van der Waals surface area contributed by atoms with Crippen molar-refractivity contribution < 1.29 is 19.1 Å². The number of nitrogens with zero attached hydrogens (tertiary/aromatic N) is 3. The number of rotatable bonds is 5. The predicted octanol–water partition coefficient (Wildman–Crippen LogP) is 3.22. The third-order valence-corrected chi connectivity index (χ3v) is 5.04. The van der Waals surface area contributed by atoms with Crippen molar-refractivity contribution in [2.45, 2.75) is 13.8 Å². The molecule has 0 bridgehead atoms. The molecule has 1 amide bonds. The molecule has 2 heterocycles. The van der Waals surface area contributed by atoms with E-state index in [2.05, 4.69) is 10.1 Å². The lowest BCUT2D eigenvalue weighted by atomic mass is 9.88. The Labute approximate surface area is 178 Å². The van der Waals surface area contributed by atoms with Crippen molar-refractivity contribution in [1.29, 1.82) is 0 Å². The Bertz CT molecular complexity index is 1240. The average molecular weight is 416 g/mol. The zero-order valence-corrected chi connectivity index (χ0v) is 17.0. The van der Waals surface area contributed by atoms with Crippen molar-refractivity contribution in [3.05, 3.63) is 65.7 Å². The molecule has 2 N–H and O–H groups in total. The fraction of sp³-hybridized carbons (Fsp3) is 0.174. The summed E-state index contributed by atoms with van der Waals surface area (Å²) in [6.45, 7) is 3.36. The van der Waals surface area contributed by atoms with Crippen LogP contribution in [0.4, 0.5) is 11.5 Å². The Hall–Kier alpha value is -4.07. The second kappa shape index (κ2) is 7.98. The number of fused-ring (bicyclic) bond motifs is 1. The minimum atomic E-state index is -1.18. The number of hydrogen-bond acceptors (Lipinski definition) is 7. The van der Waals surface area contributed by atoms with Crippen molar-refractivity contribution >= 4 is 45.8 Å². The number of carbonyl (C=O) groups is 3. The number of Topliss-reactive ketones (excluding diaryl/α,β-unsaturated/α-hetero) is 1. The van der Waals surface area contributed by atoms with Crippen LogP contribution in [0.1, 0.15) is 34.6 Å². The van der Waals surface area contributed by atoms with Crippen LogP contribution < -0.4 is 10.7 Å². The topological polar surface area (TPSA) is 115 Å². The van der Waals surface area contributed by atoms with Gasteiger partial charge in [0, 0.05) is 10.9 Å². The maximum absolute atomic E-state index is 13.7. The van der Waals surface area contributed by atoms with Crippen molar-refractivity contribution in [3.8, 4) is 0 Å². The molecule has 0 aliphatic carbocycles. The zero-order valence-electron chi connectivity index (χ0n) is 17.0. The van der Waals surface area contributed by atoms with Crippen LogP contribution in [0, 0.1) is 5.92 Å². The molecular formula is C23H20N4O4. The van der Waals surface area contributed by atoms with Gasteiger partial charge in [-0.3, -0.25) is 9.59 Å². The number of carbonyl (C=O) groups excluding carboxylic acids is 3. The molecule has 0 spiro atoms. The summed E-state index contributed by atoms with van der Waals surface area (Å²) in [5.41, 5.74) is 7.25. The molecule has 1 atom stereocenters. The summed E-state index contributed by atoms with van der Waals surface area (Å²) in [5.74, 6) is -3.14. The fourth-order valence-electron chi connectivity index (χ4n) is 3.66. The summed E-state index contributed by atoms with van der Waals surface area (Å²) in [6.07, 6.45) is 0. The van der Waals surface area contributed by atoms with Crippen molar-refractivity contribution in [1.82, 2.24) is 4.98 Å². The van der Waals surface area contributed by atoms with E-state index in [0.717, 1.165) is 0 Å². The van der Waals surface area contributed by atoms with Crippen LogP contribution in [0.3, 0.4) is 0 Å². The van der Waals surface area contributed by atoms with Gasteiger partial charge in [-0.25, -0.2) is 9.78 Å². The van der Waals surface area contributed by atoms with Gasteiger partial charge in [0.2, 0.25) is 0 Å². The highest BCUT2D eigenvalue weighted by molar-refractivity contribution is 6.33. The van der Waals surface area contributed by atoms with Gasteiger partial charge in [-0.05, 0) is 32.0 Å². The van der Waals surface area contributed by atoms with Gasteiger partial charge < -0.3 is 10.5 Å². The largest absolute Gasteiger partial charge is 0.462 e. The van der Waals surface area contributed by atoms with Crippen molar-refractivity contribution in [2.24, 2.45) is 11.0 Å². The lowest BCUT2D eigenvalue weighted by molar-refractivity contribution is -0.118. The zero-order chi connectivity index (χ0) is 22.1. The van der Waals surface area contributed by atoms with Crippen LogP contribution in [-0.4, -0.2) is 35.0 Å². The number of benzene rings is 2. The summed E-state index contributed by atoms with van der Waals surface area (Å²) in [5, 5.41) is 5.92. The van der Waals surface area contributed by atoms with Gasteiger partial charge in [-0.1, -0.05) is 36.4 Å². The van der Waals surface area contributed by atoms with E-state index in [4.69, 9.17) is 10.5 Å². The highest BCUT2D eigenvalue weighted by atomic mass is 16.5. The number of amides is 1. The summed E-state index contributed by atoms with van der Waals surface area (Å²) >= 11 is 0. The molecule has 31 heavy (non-hydrogen) atoms. The Morgan fingerprint density at radius 2 is 1.74 bits per heavy atom. The number of pyridine rings is 1. The second-order valence-electron chi connectivity index (χ2n) is 7.01.